The average molecular weight is 591 g/mol. The molecule has 2 amide bonds. The molecular formula is C32H28ClFN2O4S. The van der Waals surface area contributed by atoms with Gasteiger partial charge in [-0.3, -0.25) is 9.69 Å². The number of nitrogens with zero attached hydrogens (tertiary/aromatic N) is 1. The van der Waals surface area contributed by atoms with Crippen LogP contribution in [0.1, 0.15) is 50.8 Å². The summed E-state index contributed by atoms with van der Waals surface area (Å²) in [7, 11) is 0. The second kappa shape index (κ2) is 11.1. The number of anilines is 1. The van der Waals surface area contributed by atoms with Crippen molar-refractivity contribution in [2.24, 2.45) is 5.92 Å². The van der Waals surface area contributed by atoms with Crippen molar-refractivity contribution in [1.82, 2.24) is 4.90 Å². The van der Waals surface area contributed by atoms with Crippen LogP contribution in [0.5, 0.6) is 0 Å². The van der Waals surface area contributed by atoms with E-state index in [4.69, 9.17) is 11.6 Å². The Bertz CT molecular complexity index is 1620. The minimum absolute atomic E-state index is 0.259. The van der Waals surface area contributed by atoms with Gasteiger partial charge in [0.15, 0.2) is 5.78 Å². The van der Waals surface area contributed by atoms with E-state index in [1.807, 2.05) is 37.4 Å². The smallest absolute Gasteiger partial charge is 0.330 e. The quantitative estimate of drug-likeness (QED) is 0.224. The van der Waals surface area contributed by atoms with E-state index in [2.05, 4.69) is 5.32 Å². The van der Waals surface area contributed by atoms with Crippen molar-refractivity contribution in [2.45, 2.75) is 38.3 Å². The van der Waals surface area contributed by atoms with E-state index in [0.717, 1.165) is 16.0 Å². The predicted molar refractivity (Wildman–Crippen MR) is 158 cm³/mol. The highest BCUT2D eigenvalue weighted by Crippen LogP contribution is 2.58. The Morgan fingerprint density at radius 2 is 1.61 bits per heavy atom. The molecule has 1 aliphatic heterocycles. The van der Waals surface area contributed by atoms with Crippen LogP contribution in [0.25, 0.3) is 0 Å². The third-order valence-corrected chi connectivity index (χ3v) is 9.29. The van der Waals surface area contributed by atoms with E-state index in [1.54, 1.807) is 36.4 Å². The van der Waals surface area contributed by atoms with Gasteiger partial charge in [0, 0.05) is 27.1 Å². The normalized spacial score (nSPS) is 22.0. The van der Waals surface area contributed by atoms with Crippen molar-refractivity contribution in [3.63, 3.8) is 0 Å². The molecule has 9 heteroatoms. The summed E-state index contributed by atoms with van der Waals surface area (Å²) in [6.45, 7) is 5.21. The third kappa shape index (κ3) is 5.02. The number of benzene rings is 3. The molecular weight excluding hydrogens is 563 g/mol. The summed E-state index contributed by atoms with van der Waals surface area (Å²) in [4.78, 5) is 44.1. The molecule has 210 valence electrons. The fraction of sp³-hybridized carbons (Fsp3) is 0.219. The van der Waals surface area contributed by atoms with E-state index in [0.29, 0.717) is 16.1 Å². The number of carboxylic acid groups (broad SMARTS) is 1. The second-order valence-corrected chi connectivity index (χ2v) is 11.8. The molecule has 1 fully saturated rings. The van der Waals surface area contributed by atoms with Crippen molar-refractivity contribution in [3.05, 3.63) is 122 Å². The van der Waals surface area contributed by atoms with Crippen molar-refractivity contribution in [1.29, 1.82) is 0 Å². The molecule has 3 aromatic carbocycles. The van der Waals surface area contributed by atoms with Gasteiger partial charge in [-0.05, 0) is 85.3 Å². The van der Waals surface area contributed by atoms with Crippen LogP contribution in [0.4, 0.5) is 14.9 Å². The van der Waals surface area contributed by atoms with Crippen LogP contribution in [0.15, 0.2) is 84.2 Å². The Balaban J connectivity index is 1.77. The highest BCUT2D eigenvalue weighted by molar-refractivity contribution is 7.10. The zero-order valence-corrected chi connectivity index (χ0v) is 24.2. The number of urea groups is 1. The number of nitrogens with one attached hydrogen (secondary N) is 1. The lowest BCUT2D eigenvalue weighted by Crippen LogP contribution is -2.55. The Kier molecular flexibility index (Phi) is 7.72. The second-order valence-electron chi connectivity index (χ2n) is 10.4. The van der Waals surface area contributed by atoms with E-state index < -0.39 is 41.2 Å². The Labute approximate surface area is 246 Å². The number of carbonyl (C=O) groups is 3. The molecule has 5 rings (SSSR count). The van der Waals surface area contributed by atoms with Crippen LogP contribution in [0.2, 0.25) is 5.02 Å². The number of carbonyl (C=O) groups excluding carboxylic acids is 2. The molecule has 4 unspecified atom stereocenters. The first-order valence-corrected chi connectivity index (χ1v) is 14.3. The lowest BCUT2D eigenvalue weighted by molar-refractivity contribution is -0.148. The van der Waals surface area contributed by atoms with Crippen LogP contribution in [0.3, 0.4) is 0 Å². The molecule has 0 spiro atoms. The Morgan fingerprint density at radius 1 is 0.951 bits per heavy atom. The summed E-state index contributed by atoms with van der Waals surface area (Å²) in [5.41, 5.74) is 1.07. The summed E-state index contributed by atoms with van der Waals surface area (Å²) in [6, 6.07) is 19.3. The SMILES string of the molecule is Cc1ccccc1C(=O)C1C(c2ccc(Cl)cc2)N(C(=O)Nc2ccc(F)cc2)C(C)(C(=O)O)C1c1sccc1C. The fourth-order valence-corrected chi connectivity index (χ4v) is 7.20. The van der Waals surface area contributed by atoms with Gasteiger partial charge in [-0.15, -0.1) is 11.3 Å². The minimum atomic E-state index is -1.84. The molecule has 2 heterocycles. The van der Waals surface area contributed by atoms with E-state index in [-0.39, 0.29) is 11.5 Å². The zero-order valence-electron chi connectivity index (χ0n) is 22.6. The minimum Gasteiger partial charge on any atom is -0.479 e. The molecule has 1 saturated heterocycles. The van der Waals surface area contributed by atoms with E-state index in [1.165, 1.54) is 47.4 Å². The molecule has 0 radical (unpaired) electrons. The van der Waals surface area contributed by atoms with E-state index in [9.17, 15) is 23.9 Å². The molecule has 6 nitrogen and oxygen atoms in total. The first-order valence-electron chi connectivity index (χ1n) is 13.0. The number of Topliss-reactive ketones (excluding diaryl/α,β-unsaturated/α-hetero) is 1. The molecule has 1 aliphatic rings. The van der Waals surface area contributed by atoms with Crippen molar-refractivity contribution < 1.29 is 23.9 Å². The number of likely N-dealkylation sites (tertiary alicyclic amines) is 1. The topological polar surface area (TPSA) is 86.7 Å². The Hall–Kier alpha value is -4.01. The lowest BCUT2D eigenvalue weighted by Gasteiger charge is -2.37. The number of aryl methyl sites for hydroxylation is 2. The van der Waals surface area contributed by atoms with Crippen molar-refractivity contribution in [2.75, 3.05) is 5.32 Å². The standard InChI is InChI=1S/C32H28ClFN2O4S/c1-18-6-4-5-7-24(18)28(37)25-26(29-19(2)16-17-41-29)32(3,30(38)39)36(27(25)20-8-10-21(33)11-9-20)31(40)35-23-14-12-22(34)13-15-23/h4-17,25-27H,1-3H3,(H,35,40)(H,38,39). The number of rotatable bonds is 6. The number of thiophene rings is 1. The number of hydrogen-bond acceptors (Lipinski definition) is 4. The predicted octanol–water partition coefficient (Wildman–Crippen LogP) is 7.87. The summed E-state index contributed by atoms with van der Waals surface area (Å²) in [5.74, 6) is -3.81. The molecule has 2 N–H and O–H groups in total. The van der Waals surface area contributed by atoms with Gasteiger partial charge >= 0.3 is 12.0 Å². The maximum Gasteiger partial charge on any atom is 0.330 e. The first kappa shape index (κ1) is 28.5. The van der Waals surface area contributed by atoms with Crippen LogP contribution < -0.4 is 5.32 Å². The van der Waals surface area contributed by atoms with Gasteiger partial charge in [-0.25, -0.2) is 14.0 Å². The largest absolute Gasteiger partial charge is 0.479 e. The van der Waals surface area contributed by atoms with Crippen LogP contribution in [-0.4, -0.2) is 33.3 Å². The molecule has 0 bridgehead atoms. The van der Waals surface area contributed by atoms with Crippen molar-refractivity contribution >= 4 is 46.4 Å². The first-order chi connectivity index (χ1) is 19.5. The summed E-state index contributed by atoms with van der Waals surface area (Å²) in [5, 5.41) is 16.0. The maximum atomic E-state index is 14.6. The highest BCUT2D eigenvalue weighted by Gasteiger charge is 2.65. The monoisotopic (exact) mass is 590 g/mol. The molecule has 0 aliphatic carbocycles. The van der Waals surface area contributed by atoms with Crippen LogP contribution in [-0.2, 0) is 4.79 Å². The number of halogens is 2. The van der Waals surface area contributed by atoms with Gasteiger partial charge in [0.1, 0.15) is 11.4 Å². The molecule has 41 heavy (non-hydrogen) atoms. The number of amides is 2. The summed E-state index contributed by atoms with van der Waals surface area (Å²) < 4.78 is 13.6. The van der Waals surface area contributed by atoms with Gasteiger partial charge < -0.3 is 10.4 Å². The zero-order chi connectivity index (χ0) is 29.5. The molecule has 4 aromatic rings. The average Bonchev–Trinajstić information content (AvgIpc) is 3.48. The lowest BCUT2D eigenvalue weighted by atomic mass is 9.73. The summed E-state index contributed by atoms with van der Waals surface area (Å²) >= 11 is 7.58. The maximum absolute atomic E-state index is 14.6. The number of ketones is 1. The third-order valence-electron chi connectivity index (χ3n) is 7.94. The Morgan fingerprint density at radius 3 is 2.20 bits per heavy atom. The molecule has 0 saturated carbocycles. The molecule has 1 aromatic heterocycles. The molecule has 4 atom stereocenters. The fourth-order valence-electron chi connectivity index (χ4n) is 5.88. The van der Waals surface area contributed by atoms with Gasteiger partial charge in [-0.1, -0.05) is 48.0 Å². The number of carboxylic acids is 1. The van der Waals surface area contributed by atoms with E-state index >= 15 is 0 Å². The highest BCUT2D eigenvalue weighted by atomic mass is 35.5. The van der Waals surface area contributed by atoms with Gasteiger partial charge in [-0.2, -0.15) is 0 Å². The van der Waals surface area contributed by atoms with Crippen LogP contribution in [0, 0.1) is 25.6 Å². The van der Waals surface area contributed by atoms with Gasteiger partial charge in [0.05, 0.1) is 12.0 Å². The van der Waals surface area contributed by atoms with Gasteiger partial charge in [0.25, 0.3) is 0 Å². The van der Waals surface area contributed by atoms with Crippen molar-refractivity contribution in [3.8, 4) is 0 Å². The summed E-state index contributed by atoms with van der Waals surface area (Å²) in [6.07, 6.45) is 0. The van der Waals surface area contributed by atoms with Gasteiger partial charge in [0.2, 0.25) is 0 Å². The number of aliphatic carboxylic acids is 1. The van der Waals surface area contributed by atoms with Crippen LogP contribution >= 0.6 is 22.9 Å². The number of hydrogen-bond donors (Lipinski definition) is 2.